The molecule has 0 saturated carbocycles. The molecule has 39 heavy (non-hydrogen) atoms. The zero-order chi connectivity index (χ0) is 29.3. The molecule has 4 N–H and O–H groups in total. The van der Waals surface area contributed by atoms with Crippen molar-refractivity contribution in [3.05, 3.63) is 33.3 Å². The third kappa shape index (κ3) is 7.55. The van der Waals surface area contributed by atoms with Crippen LogP contribution in [0.3, 0.4) is 0 Å². The predicted octanol–water partition coefficient (Wildman–Crippen LogP) is 3.55. The number of thiazole rings is 1. The van der Waals surface area contributed by atoms with Crippen LogP contribution in [0, 0.1) is 17.3 Å². The number of hydrogen-bond acceptors (Lipinski definition) is 9. The lowest BCUT2D eigenvalue weighted by Crippen LogP contribution is -2.46. The van der Waals surface area contributed by atoms with Gasteiger partial charge in [-0.25, -0.2) is 4.98 Å². The zero-order valence-electron chi connectivity index (χ0n) is 22.7. The summed E-state index contributed by atoms with van der Waals surface area (Å²) >= 11 is 1.21. The number of carbonyl (C=O) groups is 2. The zero-order valence-corrected chi connectivity index (χ0v) is 23.5. The number of aromatic nitrogens is 1. The van der Waals surface area contributed by atoms with Crippen LogP contribution in [-0.4, -0.2) is 68.6 Å². The molecule has 0 bridgehead atoms. The van der Waals surface area contributed by atoms with E-state index in [4.69, 9.17) is 4.74 Å². The number of carbonyl (C=O) groups excluding carboxylic acids is 2. The Kier molecular flexibility index (Phi) is 9.80. The molecule has 1 aromatic rings. The number of Topliss-reactive ketones (excluding diaryl/α,β-unsaturated/α-hetero) is 1. The van der Waals surface area contributed by atoms with Crippen molar-refractivity contribution in [3.63, 3.8) is 0 Å². The minimum atomic E-state index is -4.62. The Hall–Kier alpha value is -2.12. The van der Waals surface area contributed by atoms with E-state index in [1.54, 1.807) is 25.3 Å². The fourth-order valence-electron chi connectivity index (χ4n) is 5.01. The number of aliphatic hydroxyl groups excluding tert-OH is 3. The Balaban J connectivity index is 1.98. The average molecular weight is 575 g/mol. The van der Waals surface area contributed by atoms with Crippen LogP contribution in [0.4, 0.5) is 13.2 Å². The van der Waals surface area contributed by atoms with Crippen molar-refractivity contribution < 1.29 is 42.8 Å². The van der Waals surface area contributed by atoms with Gasteiger partial charge < -0.3 is 25.4 Å². The Labute approximate surface area is 230 Å². The highest BCUT2D eigenvalue weighted by atomic mass is 32.1. The van der Waals surface area contributed by atoms with Crippen LogP contribution in [-0.2, 0) is 20.9 Å². The molecule has 0 aromatic carbocycles. The highest BCUT2D eigenvalue weighted by Crippen LogP contribution is 2.38. The van der Waals surface area contributed by atoms with Crippen LogP contribution in [0.15, 0.2) is 22.6 Å². The van der Waals surface area contributed by atoms with E-state index in [-0.39, 0.29) is 19.4 Å². The predicted molar refractivity (Wildman–Crippen MR) is 139 cm³/mol. The van der Waals surface area contributed by atoms with E-state index in [1.807, 2.05) is 0 Å². The Morgan fingerprint density at radius 2 is 1.92 bits per heavy atom. The summed E-state index contributed by atoms with van der Waals surface area (Å²) < 4.78 is 47.4. The molecule has 1 aromatic heterocycles. The number of halogens is 3. The molecule has 0 spiro atoms. The van der Waals surface area contributed by atoms with Gasteiger partial charge >= 0.3 is 12.1 Å². The Bertz CT molecular complexity index is 1120. The van der Waals surface area contributed by atoms with Crippen LogP contribution < -0.4 is 5.32 Å². The largest absolute Gasteiger partial charge is 0.457 e. The fraction of sp³-hybridized carbons (Fsp3) is 0.667. The molecule has 3 rings (SSSR count). The lowest BCUT2D eigenvalue weighted by atomic mass is 9.73. The Morgan fingerprint density at radius 1 is 1.26 bits per heavy atom. The van der Waals surface area contributed by atoms with Gasteiger partial charge in [-0.05, 0) is 30.9 Å². The van der Waals surface area contributed by atoms with Crippen LogP contribution >= 0.6 is 11.3 Å². The number of rotatable bonds is 3. The smallest absolute Gasteiger partial charge is 0.412 e. The Morgan fingerprint density at radius 3 is 2.51 bits per heavy atom. The molecule has 3 heterocycles. The number of aliphatic hydroxyl groups is 3. The summed E-state index contributed by atoms with van der Waals surface area (Å²) in [6.45, 7) is 7.52. The van der Waals surface area contributed by atoms with Crippen molar-refractivity contribution in [2.45, 2.75) is 97.1 Å². The summed E-state index contributed by atoms with van der Waals surface area (Å²) in [5.41, 5.74) is -1.29. The molecule has 0 amide bonds. The second-order valence-corrected chi connectivity index (χ2v) is 12.0. The van der Waals surface area contributed by atoms with E-state index in [1.165, 1.54) is 32.1 Å². The van der Waals surface area contributed by atoms with Crippen molar-refractivity contribution >= 4 is 29.2 Å². The number of fused-ring (bicyclic) bond motifs is 1. The van der Waals surface area contributed by atoms with Crippen LogP contribution in [0.25, 0.3) is 6.08 Å². The maximum atomic E-state index is 14.0. The number of hydrogen-bond donors (Lipinski definition) is 4. The van der Waals surface area contributed by atoms with Gasteiger partial charge in [-0.2, -0.15) is 13.2 Å². The quantitative estimate of drug-likeness (QED) is 0.244. The molecule has 218 valence electrons. The number of ether oxygens (including phenoxy) is 1. The van der Waals surface area contributed by atoms with E-state index < -0.39 is 77.6 Å². The number of cyclic esters (lactones) is 1. The van der Waals surface area contributed by atoms with Crippen LogP contribution in [0.1, 0.15) is 64.6 Å². The van der Waals surface area contributed by atoms with Gasteiger partial charge in [-0.1, -0.05) is 33.8 Å². The molecular formula is C27H37F3N2O6S. The molecule has 12 heteroatoms. The first-order valence-corrected chi connectivity index (χ1v) is 13.8. The van der Waals surface area contributed by atoms with Crippen molar-refractivity contribution in [1.82, 2.24) is 10.3 Å². The lowest BCUT2D eigenvalue weighted by Gasteiger charge is -2.34. The molecule has 2 aliphatic heterocycles. The summed E-state index contributed by atoms with van der Waals surface area (Å²) in [6.07, 6.45) is -6.89. The van der Waals surface area contributed by atoms with Gasteiger partial charge in [-0.3, -0.25) is 9.59 Å². The molecule has 2 aliphatic rings. The van der Waals surface area contributed by atoms with Gasteiger partial charge in [0.2, 0.25) is 0 Å². The molecule has 0 aliphatic carbocycles. The summed E-state index contributed by atoms with van der Waals surface area (Å²) in [4.78, 5) is 30.3. The van der Waals surface area contributed by atoms with E-state index in [0.29, 0.717) is 16.3 Å². The van der Waals surface area contributed by atoms with Crippen molar-refractivity contribution in [3.8, 4) is 0 Å². The highest BCUT2D eigenvalue weighted by Gasteiger charge is 2.49. The van der Waals surface area contributed by atoms with Crippen LogP contribution in [0.2, 0.25) is 0 Å². The van der Waals surface area contributed by atoms with Gasteiger partial charge in [0.1, 0.15) is 16.9 Å². The number of alkyl halides is 3. The average Bonchev–Trinajstić information content (AvgIpc) is 3.49. The SMILES string of the molecule is CC(=Cc1csc(CO)n1)[C@H]1C/C=C(/C(F)(F)F)CC2NC2[C@H](C)[C@H](O)[C@@H](C)C(=O)C(C)(C)[C@@H](O)CC(=O)O1. The first-order chi connectivity index (χ1) is 18.1. The molecule has 2 unspecified atom stereocenters. The lowest BCUT2D eigenvalue weighted by molar-refractivity contribution is -0.154. The number of esters is 1. The molecular weight excluding hydrogens is 537 g/mol. The second kappa shape index (κ2) is 12.2. The van der Waals surface area contributed by atoms with Gasteiger partial charge in [0, 0.05) is 35.4 Å². The maximum absolute atomic E-state index is 14.0. The van der Waals surface area contributed by atoms with Gasteiger partial charge in [0.25, 0.3) is 0 Å². The van der Waals surface area contributed by atoms with Crippen molar-refractivity contribution in [2.75, 3.05) is 0 Å². The summed E-state index contributed by atoms with van der Waals surface area (Å²) in [7, 11) is 0. The minimum Gasteiger partial charge on any atom is -0.457 e. The van der Waals surface area contributed by atoms with Gasteiger partial charge in [-0.15, -0.1) is 11.3 Å². The summed E-state index contributed by atoms with van der Waals surface area (Å²) in [5.74, 6) is -2.78. The third-order valence-corrected chi connectivity index (χ3v) is 8.69. The fourth-order valence-corrected chi connectivity index (χ4v) is 5.62. The number of ketones is 1. The molecule has 7 atom stereocenters. The van der Waals surface area contributed by atoms with E-state index in [2.05, 4.69) is 10.3 Å². The molecule has 1 saturated heterocycles. The van der Waals surface area contributed by atoms with Gasteiger partial charge in [0.15, 0.2) is 0 Å². The topological polar surface area (TPSA) is 139 Å². The van der Waals surface area contributed by atoms with Crippen LogP contribution in [0.5, 0.6) is 0 Å². The van der Waals surface area contributed by atoms with E-state index >= 15 is 0 Å². The van der Waals surface area contributed by atoms with Crippen molar-refractivity contribution in [1.29, 1.82) is 0 Å². The standard InChI is InChI=1S/C27H37F3N2O6S/c1-13(8-17-12-39-21(11-33)31-17)19-7-6-16(27(28,29)30)9-18-23(32-18)14(2)24(36)15(3)25(37)26(4,5)20(34)10-22(35)38-19/h6,8,12,14-15,18-20,23-24,32-34,36H,7,9-11H2,1-5H3/b13-8?,16-6+/t14-,15+,18?,19+,20-,23?,24-/m0/s1. The van der Waals surface area contributed by atoms with Gasteiger partial charge in [0.05, 0.1) is 36.3 Å². The second-order valence-electron chi connectivity index (χ2n) is 11.1. The number of nitrogens with one attached hydrogen (secondary N) is 1. The molecule has 1 fully saturated rings. The summed E-state index contributed by atoms with van der Waals surface area (Å²) in [6, 6.07) is -0.955. The van der Waals surface area contributed by atoms with Crippen molar-refractivity contribution in [2.24, 2.45) is 17.3 Å². The first-order valence-electron chi connectivity index (χ1n) is 12.9. The monoisotopic (exact) mass is 574 g/mol. The highest BCUT2D eigenvalue weighted by molar-refractivity contribution is 7.09. The normalized spacial score (nSPS) is 34.6. The third-order valence-electron chi connectivity index (χ3n) is 7.83. The summed E-state index contributed by atoms with van der Waals surface area (Å²) in [5, 5.41) is 36.1. The molecule has 0 radical (unpaired) electrons. The maximum Gasteiger partial charge on any atom is 0.412 e. The molecule has 8 nitrogen and oxygen atoms in total. The number of nitrogens with zero attached hydrogens (tertiary/aromatic N) is 1. The minimum absolute atomic E-state index is 0.259. The first kappa shape index (κ1) is 31.4. The van der Waals surface area contributed by atoms with E-state index in [0.717, 1.165) is 6.08 Å². The van der Waals surface area contributed by atoms with E-state index in [9.17, 15) is 38.1 Å².